The van der Waals surface area contributed by atoms with Gasteiger partial charge in [0.15, 0.2) is 0 Å². The topological polar surface area (TPSA) is 3.24 Å². The molecule has 0 N–H and O–H groups in total. The van der Waals surface area contributed by atoms with E-state index in [0.29, 0.717) is 24.9 Å². The summed E-state index contributed by atoms with van der Waals surface area (Å²) in [6.07, 6.45) is 21.0. The lowest BCUT2D eigenvalue weighted by molar-refractivity contribution is -0.146. The Bertz CT molecular complexity index is 612. The van der Waals surface area contributed by atoms with Crippen LogP contribution < -0.4 is 0 Å². The third-order valence-electron chi connectivity index (χ3n) is 10.8. The third kappa shape index (κ3) is 31.0. The highest BCUT2D eigenvalue weighted by molar-refractivity contribution is 4.69. The summed E-state index contributed by atoms with van der Waals surface area (Å²) >= 11 is 0. The molecule has 0 fully saturated rings. The van der Waals surface area contributed by atoms with E-state index in [-0.39, 0.29) is 0 Å². The molecule has 0 saturated heterocycles. The Labute approximate surface area is 288 Å². The molecule has 0 aromatic heterocycles. The van der Waals surface area contributed by atoms with Gasteiger partial charge in [-0.25, -0.2) is 0 Å². The maximum Gasteiger partial charge on any atom is 0.401 e. The molecule has 0 radical (unpaired) electrons. The Kier molecular flexibility index (Phi) is 27.4. The normalized spacial score (nSPS) is 16.7. The molecule has 0 saturated carbocycles. The number of halogens is 3. The van der Waals surface area contributed by atoms with Crippen molar-refractivity contribution in [1.82, 2.24) is 4.90 Å². The van der Waals surface area contributed by atoms with E-state index in [4.69, 9.17) is 0 Å². The summed E-state index contributed by atoms with van der Waals surface area (Å²) < 4.78 is 40.2. The van der Waals surface area contributed by atoms with Crippen LogP contribution >= 0.6 is 0 Å². The molecule has 278 valence electrons. The van der Waals surface area contributed by atoms with Gasteiger partial charge in [0.25, 0.3) is 0 Å². The first-order chi connectivity index (χ1) is 21.6. The summed E-state index contributed by atoms with van der Waals surface area (Å²) in [5.41, 5.74) is 0. The van der Waals surface area contributed by atoms with E-state index in [0.717, 1.165) is 61.2 Å². The summed E-state index contributed by atoms with van der Waals surface area (Å²) in [5, 5.41) is 0. The van der Waals surface area contributed by atoms with Crippen LogP contribution in [0, 0.1) is 47.3 Å². The zero-order chi connectivity index (χ0) is 35.0. The van der Waals surface area contributed by atoms with Gasteiger partial charge in [0.1, 0.15) is 0 Å². The second-order valence-electron chi connectivity index (χ2n) is 17.5. The molecule has 4 heteroatoms. The van der Waals surface area contributed by atoms with E-state index in [1.165, 1.54) is 103 Å². The summed E-state index contributed by atoms with van der Waals surface area (Å²) in [5.74, 6) is 5.82. The minimum atomic E-state index is -4.12. The van der Waals surface area contributed by atoms with Gasteiger partial charge in [-0.15, -0.1) is 0 Å². The molecule has 6 atom stereocenters. The van der Waals surface area contributed by atoms with Gasteiger partial charge >= 0.3 is 6.18 Å². The molecule has 0 aliphatic heterocycles. The standard InChI is InChI=1S/C42H84F3N/c1-34(2)17-11-19-36(5)21-13-23-38(7)25-15-27-40(9)29-31-46(33-42(43,44)45)32-30-41(10)28-16-26-39(8)24-14-22-37(6)20-12-18-35(3)4/h34-41H,11-33H2,1-10H3. The summed E-state index contributed by atoms with van der Waals surface area (Å²) in [7, 11) is 0. The van der Waals surface area contributed by atoms with Crippen molar-refractivity contribution in [2.24, 2.45) is 47.3 Å². The molecule has 0 aromatic carbocycles. The molecule has 0 heterocycles. The molecule has 1 nitrogen and oxygen atoms in total. The molecular weight excluding hydrogens is 575 g/mol. The lowest BCUT2D eigenvalue weighted by Gasteiger charge is -2.26. The van der Waals surface area contributed by atoms with Gasteiger partial charge in [-0.2, -0.15) is 13.2 Å². The van der Waals surface area contributed by atoms with E-state index in [9.17, 15) is 13.2 Å². The molecular formula is C42H84F3N. The third-order valence-corrected chi connectivity index (χ3v) is 10.8. The molecule has 0 aliphatic carbocycles. The fraction of sp³-hybridized carbons (Fsp3) is 1.00. The van der Waals surface area contributed by atoms with Crippen LogP contribution in [0.25, 0.3) is 0 Å². The second kappa shape index (κ2) is 27.6. The Morgan fingerprint density at radius 1 is 0.348 bits per heavy atom. The number of hydrogen-bond acceptors (Lipinski definition) is 1. The quantitative estimate of drug-likeness (QED) is 0.0716. The van der Waals surface area contributed by atoms with Crippen LogP contribution in [0.1, 0.15) is 198 Å². The molecule has 0 rings (SSSR count). The second-order valence-corrected chi connectivity index (χ2v) is 17.5. The minimum absolute atomic E-state index is 0.492. The molecule has 6 unspecified atom stereocenters. The predicted octanol–water partition coefficient (Wildman–Crippen LogP) is 14.8. The van der Waals surface area contributed by atoms with Crippen LogP contribution in [-0.2, 0) is 0 Å². The van der Waals surface area contributed by atoms with E-state index in [1.54, 1.807) is 4.90 Å². The maximum atomic E-state index is 13.4. The van der Waals surface area contributed by atoms with Gasteiger partial charge < -0.3 is 0 Å². The van der Waals surface area contributed by atoms with Crippen molar-refractivity contribution in [1.29, 1.82) is 0 Å². The Morgan fingerprint density at radius 2 is 0.565 bits per heavy atom. The lowest BCUT2D eigenvalue weighted by atomic mass is 9.90. The van der Waals surface area contributed by atoms with Crippen LogP contribution in [0.3, 0.4) is 0 Å². The highest BCUT2D eigenvalue weighted by Crippen LogP contribution is 2.26. The molecule has 0 aromatic rings. The minimum Gasteiger partial charge on any atom is -0.295 e. The molecule has 0 bridgehead atoms. The lowest BCUT2D eigenvalue weighted by Crippen LogP contribution is -2.36. The summed E-state index contributed by atoms with van der Waals surface area (Å²) in [6.45, 7) is 23.7. The van der Waals surface area contributed by atoms with Gasteiger partial charge in [-0.1, -0.05) is 185 Å². The maximum absolute atomic E-state index is 13.4. The first kappa shape index (κ1) is 45.8. The average Bonchev–Trinajstić information content (AvgIpc) is 2.93. The zero-order valence-electron chi connectivity index (χ0n) is 33.0. The monoisotopic (exact) mass is 660 g/mol. The first-order valence-corrected chi connectivity index (χ1v) is 20.4. The van der Waals surface area contributed by atoms with Crippen molar-refractivity contribution in [3.63, 3.8) is 0 Å². The number of rotatable bonds is 31. The van der Waals surface area contributed by atoms with Crippen molar-refractivity contribution in [2.75, 3.05) is 19.6 Å². The Hall–Kier alpha value is -0.250. The molecule has 46 heavy (non-hydrogen) atoms. The summed E-state index contributed by atoms with van der Waals surface area (Å²) in [4.78, 5) is 1.70. The van der Waals surface area contributed by atoms with Crippen LogP contribution in [0.5, 0.6) is 0 Å². The number of hydrogen-bond donors (Lipinski definition) is 0. The smallest absolute Gasteiger partial charge is 0.295 e. The Morgan fingerprint density at radius 3 is 0.783 bits per heavy atom. The van der Waals surface area contributed by atoms with Gasteiger partial charge in [-0.05, 0) is 73.3 Å². The number of alkyl halides is 3. The van der Waals surface area contributed by atoms with Crippen molar-refractivity contribution in [2.45, 2.75) is 204 Å². The molecule has 0 amide bonds. The van der Waals surface area contributed by atoms with Crippen LogP contribution in [0.4, 0.5) is 13.2 Å². The Balaban J connectivity index is 4.19. The van der Waals surface area contributed by atoms with Crippen LogP contribution in [0.15, 0.2) is 0 Å². The van der Waals surface area contributed by atoms with Crippen LogP contribution in [0.2, 0.25) is 0 Å². The number of nitrogens with zero attached hydrogens (tertiary/aromatic N) is 1. The fourth-order valence-corrected chi connectivity index (χ4v) is 7.20. The van der Waals surface area contributed by atoms with Gasteiger partial charge in [0.2, 0.25) is 0 Å². The van der Waals surface area contributed by atoms with Crippen molar-refractivity contribution >= 4 is 0 Å². The van der Waals surface area contributed by atoms with Gasteiger partial charge in [0, 0.05) is 0 Å². The fourth-order valence-electron chi connectivity index (χ4n) is 7.20. The van der Waals surface area contributed by atoms with Gasteiger partial charge in [-0.3, -0.25) is 4.90 Å². The highest BCUT2D eigenvalue weighted by atomic mass is 19.4. The summed E-state index contributed by atoms with van der Waals surface area (Å²) in [6, 6.07) is 0. The van der Waals surface area contributed by atoms with E-state index < -0.39 is 12.7 Å². The molecule has 0 spiro atoms. The first-order valence-electron chi connectivity index (χ1n) is 20.4. The highest BCUT2D eigenvalue weighted by Gasteiger charge is 2.30. The zero-order valence-corrected chi connectivity index (χ0v) is 33.0. The molecule has 0 aliphatic rings. The van der Waals surface area contributed by atoms with E-state index >= 15 is 0 Å². The van der Waals surface area contributed by atoms with Crippen molar-refractivity contribution in [3.8, 4) is 0 Å². The van der Waals surface area contributed by atoms with Gasteiger partial charge in [0.05, 0.1) is 6.54 Å². The van der Waals surface area contributed by atoms with E-state index in [2.05, 4.69) is 69.2 Å². The van der Waals surface area contributed by atoms with Crippen molar-refractivity contribution < 1.29 is 13.2 Å². The average molecular weight is 660 g/mol. The predicted molar refractivity (Wildman–Crippen MR) is 199 cm³/mol. The SMILES string of the molecule is CC(C)CCCC(C)CCCC(C)CCCC(C)CCN(CCC(C)CCCC(C)CCCC(C)CCCC(C)C)CC(F)(F)F. The largest absolute Gasteiger partial charge is 0.401 e. The van der Waals surface area contributed by atoms with Crippen molar-refractivity contribution in [3.05, 3.63) is 0 Å². The van der Waals surface area contributed by atoms with E-state index in [1.807, 2.05) is 0 Å². The van der Waals surface area contributed by atoms with Crippen LogP contribution in [-0.4, -0.2) is 30.7 Å².